The number of unbranched alkanes of at least 4 members (excludes halogenated alkanes) is 1. The zero-order chi connectivity index (χ0) is 24.5. The van der Waals surface area contributed by atoms with Crippen LogP contribution in [0, 0.1) is 0 Å². The molecule has 2 heteroatoms. The Kier molecular flexibility index (Phi) is 7.80. The van der Waals surface area contributed by atoms with Crippen LogP contribution >= 0.6 is 0 Å². The molecule has 0 bridgehead atoms. The van der Waals surface area contributed by atoms with Crippen molar-refractivity contribution < 1.29 is 17.1 Å². The summed E-state index contributed by atoms with van der Waals surface area (Å²) >= 11 is -3.53. The Morgan fingerprint density at radius 2 is 1.06 bits per heavy atom. The Balaban J connectivity index is 2.00. The number of benzene rings is 2. The van der Waals surface area contributed by atoms with Gasteiger partial charge in [-0.3, -0.25) is 0 Å². The van der Waals surface area contributed by atoms with Gasteiger partial charge in [0.25, 0.3) is 0 Å². The molecule has 4 rings (SSSR count). The summed E-state index contributed by atoms with van der Waals surface area (Å²) in [5, 5.41) is 0. The molecule has 34 heavy (non-hydrogen) atoms. The van der Waals surface area contributed by atoms with Gasteiger partial charge in [0.05, 0.1) is 0 Å². The van der Waals surface area contributed by atoms with Crippen molar-refractivity contribution >= 4 is 18.4 Å². The minimum atomic E-state index is -3.53. The summed E-state index contributed by atoms with van der Waals surface area (Å²) < 4.78 is 7.17. The van der Waals surface area contributed by atoms with E-state index in [2.05, 4.69) is 92.5 Å². The SMILES string of the molecule is CCCC[SiH]=[Hf]([CH3])([CH3])([CH]1C=Cc2c(CC)ccc(CC)c21)[CH]1C=Cc2c(CC)ccc(CC)c21. The molecule has 0 spiro atoms. The first-order valence-corrected chi connectivity index (χ1v) is 33.0. The molecule has 2 unspecified atom stereocenters. The number of hydrogen-bond acceptors (Lipinski definition) is 0. The second-order valence-corrected chi connectivity index (χ2v) is 56.0. The fraction of sp³-hybridized carbons (Fsp3) is 0.500. The molecule has 2 aliphatic carbocycles. The van der Waals surface area contributed by atoms with Crippen LogP contribution in [0.1, 0.15) is 99.3 Å². The molecule has 0 nitrogen and oxygen atoms in total. The summed E-state index contributed by atoms with van der Waals surface area (Å²) in [6, 6.07) is 11.3. The van der Waals surface area contributed by atoms with E-state index < -0.39 is 17.1 Å². The van der Waals surface area contributed by atoms with E-state index in [0.717, 1.165) is 25.7 Å². The average Bonchev–Trinajstić information content (AvgIpc) is 3.50. The maximum absolute atomic E-state index is 3.53. The number of aryl methyl sites for hydroxylation is 4. The van der Waals surface area contributed by atoms with Crippen LogP contribution in [0.5, 0.6) is 0 Å². The van der Waals surface area contributed by atoms with Crippen LogP contribution in [0.4, 0.5) is 0 Å². The zero-order valence-electron chi connectivity index (χ0n) is 22.8. The molecule has 0 N–H and O–H groups in total. The molecule has 0 saturated heterocycles. The van der Waals surface area contributed by atoms with Gasteiger partial charge < -0.3 is 0 Å². The summed E-state index contributed by atoms with van der Waals surface area (Å²) in [6.07, 6.45) is 18.3. The molecule has 2 aliphatic rings. The van der Waals surface area contributed by atoms with Crippen molar-refractivity contribution in [3.05, 3.63) is 80.9 Å². The number of rotatable bonds is 9. The first kappa shape index (κ1) is 26.1. The predicted molar refractivity (Wildman–Crippen MR) is 153 cm³/mol. The summed E-state index contributed by atoms with van der Waals surface area (Å²) in [4.78, 5) is 0. The van der Waals surface area contributed by atoms with E-state index in [1.54, 1.807) is 44.5 Å². The van der Waals surface area contributed by atoms with Crippen molar-refractivity contribution in [2.24, 2.45) is 0 Å². The molecular weight excluding hydrogens is 591 g/mol. The van der Waals surface area contributed by atoms with Crippen LogP contribution in [0.15, 0.2) is 36.4 Å². The molecule has 0 amide bonds. The van der Waals surface area contributed by atoms with Crippen molar-refractivity contribution in [1.82, 2.24) is 0 Å². The summed E-state index contributed by atoms with van der Waals surface area (Å²) in [7, 11) is 0. The van der Waals surface area contributed by atoms with E-state index >= 15 is 0 Å². The third kappa shape index (κ3) is 4.15. The molecule has 0 saturated carbocycles. The van der Waals surface area contributed by atoms with Crippen LogP contribution in [0.25, 0.3) is 12.2 Å². The minimum absolute atomic E-state index is 0.476. The van der Waals surface area contributed by atoms with Crippen LogP contribution in [0.3, 0.4) is 0 Å². The van der Waals surface area contributed by atoms with Gasteiger partial charge in [-0.1, -0.05) is 0 Å². The molecular formula is C32H46HfSi. The van der Waals surface area contributed by atoms with Crippen LogP contribution in [-0.4, -0.2) is 6.22 Å². The quantitative estimate of drug-likeness (QED) is 0.190. The Bertz CT molecular complexity index is 1120. The molecule has 0 heterocycles. The third-order valence-electron chi connectivity index (χ3n) is 9.30. The maximum atomic E-state index is 2.90. The third-order valence-corrected chi connectivity index (χ3v) is 51.7. The van der Waals surface area contributed by atoms with E-state index in [9.17, 15) is 0 Å². The second kappa shape index (κ2) is 10.2. The first-order valence-electron chi connectivity index (χ1n) is 14.0. The fourth-order valence-corrected chi connectivity index (χ4v) is 46.6. The van der Waals surface area contributed by atoms with Gasteiger partial charge in [0.15, 0.2) is 0 Å². The van der Waals surface area contributed by atoms with Crippen molar-refractivity contribution in [1.29, 1.82) is 0 Å². The normalized spacial score (nSPS) is 18.9. The van der Waals surface area contributed by atoms with Gasteiger partial charge >= 0.3 is 212 Å². The van der Waals surface area contributed by atoms with E-state index in [0.29, 0.717) is 13.6 Å². The van der Waals surface area contributed by atoms with Crippen molar-refractivity contribution in [3.63, 3.8) is 0 Å². The monoisotopic (exact) mass is 638 g/mol. The van der Waals surface area contributed by atoms with Crippen molar-refractivity contribution in [2.45, 2.75) is 95.9 Å². The van der Waals surface area contributed by atoms with E-state index in [-0.39, 0.29) is 0 Å². The van der Waals surface area contributed by atoms with Gasteiger partial charge in [-0.25, -0.2) is 0 Å². The zero-order valence-corrected chi connectivity index (χ0v) is 27.5. The molecule has 0 radical (unpaired) electrons. The molecule has 2 aromatic carbocycles. The van der Waals surface area contributed by atoms with Gasteiger partial charge in [0.2, 0.25) is 0 Å². The van der Waals surface area contributed by atoms with Gasteiger partial charge in [0.1, 0.15) is 0 Å². The number of allylic oxidation sites excluding steroid dienone is 2. The predicted octanol–water partition coefficient (Wildman–Crippen LogP) is 9.13. The molecule has 0 aromatic heterocycles. The number of fused-ring (bicyclic) bond motifs is 2. The fourth-order valence-electron chi connectivity index (χ4n) is 7.12. The van der Waals surface area contributed by atoms with Crippen LogP contribution in [0.2, 0.25) is 15.4 Å². The molecule has 2 atom stereocenters. The van der Waals surface area contributed by atoms with E-state index in [1.165, 1.54) is 18.9 Å². The van der Waals surface area contributed by atoms with Gasteiger partial charge in [-0.15, -0.1) is 0 Å². The topological polar surface area (TPSA) is 0 Å². The Morgan fingerprint density at radius 3 is 1.44 bits per heavy atom. The number of hydrogen-bond donors (Lipinski definition) is 0. The van der Waals surface area contributed by atoms with Crippen LogP contribution in [-0.2, 0) is 42.8 Å². The van der Waals surface area contributed by atoms with Gasteiger partial charge in [-0.2, -0.15) is 0 Å². The molecule has 0 fully saturated rings. The van der Waals surface area contributed by atoms with Crippen molar-refractivity contribution in [2.75, 3.05) is 0 Å². The average molecular weight is 637 g/mol. The Hall–Kier alpha value is -0.993. The summed E-state index contributed by atoms with van der Waals surface area (Å²) in [5.74, 6) is 0. The van der Waals surface area contributed by atoms with Gasteiger partial charge in [0, 0.05) is 0 Å². The molecule has 0 aliphatic heterocycles. The van der Waals surface area contributed by atoms with Gasteiger partial charge in [-0.05, 0) is 0 Å². The van der Waals surface area contributed by atoms with E-state index in [4.69, 9.17) is 0 Å². The molecule has 182 valence electrons. The molecule has 2 aromatic rings. The Morgan fingerprint density at radius 1 is 0.647 bits per heavy atom. The van der Waals surface area contributed by atoms with E-state index in [1.807, 2.05) is 0 Å². The standard InChI is InChI=1S/2C13H15.C4H10Si.2CH3.Hf/c2*1-3-10-8-9-11(4-2)13-7-5-6-12(10)13;1-2-3-4-5;;;/h2*5-9H,3-4H2,1-2H3;5H,2-4H2,1H3;2*1H3;. The van der Waals surface area contributed by atoms with Crippen molar-refractivity contribution in [3.8, 4) is 0 Å². The summed E-state index contributed by atoms with van der Waals surface area (Å²) in [6.45, 7) is 11.8. The Labute approximate surface area is 211 Å². The summed E-state index contributed by atoms with van der Waals surface area (Å²) in [5.41, 5.74) is 13.0. The second-order valence-electron chi connectivity index (χ2n) is 11.6. The first-order chi connectivity index (χ1) is 16.3. The van der Waals surface area contributed by atoms with Crippen LogP contribution < -0.4 is 0 Å².